The van der Waals surface area contributed by atoms with Crippen molar-refractivity contribution in [1.82, 2.24) is 4.98 Å². The molecule has 5 rings (SSSR count). The highest BCUT2D eigenvalue weighted by Crippen LogP contribution is 2.57. The number of para-hydroxylation sites is 1. The Bertz CT molecular complexity index is 899. The van der Waals surface area contributed by atoms with Crippen molar-refractivity contribution in [3.05, 3.63) is 64.1 Å². The number of aromatic nitrogens is 1. The number of halogens is 1. The summed E-state index contributed by atoms with van der Waals surface area (Å²) < 4.78 is 1.12. The molecule has 2 unspecified atom stereocenters. The van der Waals surface area contributed by atoms with Crippen molar-refractivity contribution in [2.75, 3.05) is 0 Å². The van der Waals surface area contributed by atoms with Crippen LogP contribution in [-0.4, -0.2) is 4.98 Å². The van der Waals surface area contributed by atoms with E-state index in [1.165, 1.54) is 41.5 Å². The quantitative estimate of drug-likeness (QED) is 0.522. The molecule has 3 aromatic rings. The van der Waals surface area contributed by atoms with Gasteiger partial charge in [-0.3, -0.25) is 0 Å². The smallest absolute Gasteiger partial charge is 0.0747 e. The second-order valence-electron chi connectivity index (χ2n) is 6.52. The topological polar surface area (TPSA) is 12.9 Å². The van der Waals surface area contributed by atoms with Crippen LogP contribution in [-0.2, 0) is 0 Å². The molecule has 1 saturated carbocycles. The van der Waals surface area contributed by atoms with Gasteiger partial charge in [0.1, 0.15) is 0 Å². The molecule has 0 saturated heterocycles. The van der Waals surface area contributed by atoms with Crippen LogP contribution in [0.2, 0.25) is 0 Å². The molecule has 0 N–H and O–H groups in total. The van der Waals surface area contributed by atoms with Crippen molar-refractivity contribution >= 4 is 26.8 Å². The maximum absolute atomic E-state index is 5.06. The molecule has 22 heavy (non-hydrogen) atoms. The van der Waals surface area contributed by atoms with E-state index in [0.29, 0.717) is 5.92 Å². The number of hydrogen-bond acceptors (Lipinski definition) is 1. The van der Waals surface area contributed by atoms with E-state index in [0.717, 1.165) is 15.9 Å². The Labute approximate surface area is 138 Å². The molecule has 2 bridgehead atoms. The molecule has 2 aliphatic rings. The molecule has 2 aromatic carbocycles. The van der Waals surface area contributed by atoms with E-state index in [1.54, 1.807) is 5.56 Å². The average Bonchev–Trinajstić information content (AvgIpc) is 3.16. The predicted octanol–water partition coefficient (Wildman–Crippen LogP) is 6.03. The Morgan fingerprint density at radius 3 is 2.59 bits per heavy atom. The van der Waals surface area contributed by atoms with Crippen LogP contribution in [0, 0.1) is 0 Å². The second-order valence-corrected chi connectivity index (χ2v) is 7.44. The SMILES string of the molecule is Brc1cccc(-c2nc3ccccc3c3c2C2CCC3C2)c1. The standard InChI is InChI=1S/C20H16BrN/c21-15-5-3-4-14(11-15)20-19-13-9-8-12(10-13)18(19)16-6-1-2-7-17(16)22-20/h1-7,11-13H,8-10H2. The summed E-state index contributed by atoms with van der Waals surface area (Å²) in [7, 11) is 0. The average molecular weight is 350 g/mol. The largest absolute Gasteiger partial charge is 0.247 e. The molecule has 2 aliphatic carbocycles. The highest BCUT2D eigenvalue weighted by molar-refractivity contribution is 9.10. The zero-order chi connectivity index (χ0) is 14.7. The molecule has 1 aromatic heterocycles. The summed E-state index contributed by atoms with van der Waals surface area (Å²) in [5, 5.41) is 1.38. The van der Waals surface area contributed by atoms with Gasteiger partial charge in [-0.15, -0.1) is 0 Å². The lowest BCUT2D eigenvalue weighted by molar-refractivity contribution is 0.720. The maximum atomic E-state index is 5.06. The first kappa shape index (κ1) is 12.8. The summed E-state index contributed by atoms with van der Waals surface area (Å²) in [6.07, 6.45) is 4.01. The van der Waals surface area contributed by atoms with Crippen molar-refractivity contribution in [3.63, 3.8) is 0 Å². The zero-order valence-corrected chi connectivity index (χ0v) is 13.8. The van der Waals surface area contributed by atoms with Crippen molar-refractivity contribution in [3.8, 4) is 11.3 Å². The summed E-state index contributed by atoms with van der Waals surface area (Å²) in [6, 6.07) is 17.2. The molecule has 108 valence electrons. The van der Waals surface area contributed by atoms with E-state index in [-0.39, 0.29) is 0 Å². The van der Waals surface area contributed by atoms with Crippen LogP contribution in [0.4, 0.5) is 0 Å². The number of rotatable bonds is 1. The minimum absolute atomic E-state index is 0.714. The lowest BCUT2D eigenvalue weighted by Crippen LogP contribution is -2.04. The van der Waals surface area contributed by atoms with Gasteiger partial charge in [0.05, 0.1) is 11.2 Å². The Balaban J connectivity index is 1.88. The third kappa shape index (κ3) is 1.73. The Hall–Kier alpha value is -1.67. The minimum atomic E-state index is 0.714. The predicted molar refractivity (Wildman–Crippen MR) is 94.2 cm³/mol. The van der Waals surface area contributed by atoms with E-state index in [1.807, 2.05) is 0 Å². The Morgan fingerprint density at radius 2 is 1.73 bits per heavy atom. The van der Waals surface area contributed by atoms with Crippen molar-refractivity contribution in [1.29, 1.82) is 0 Å². The fourth-order valence-electron chi connectivity index (χ4n) is 4.47. The molecular weight excluding hydrogens is 334 g/mol. The maximum Gasteiger partial charge on any atom is 0.0747 e. The fourth-order valence-corrected chi connectivity index (χ4v) is 4.87. The van der Waals surface area contributed by atoms with Crippen LogP contribution < -0.4 is 0 Å². The van der Waals surface area contributed by atoms with Crippen LogP contribution in [0.3, 0.4) is 0 Å². The van der Waals surface area contributed by atoms with Crippen LogP contribution in [0.25, 0.3) is 22.2 Å². The monoisotopic (exact) mass is 349 g/mol. The van der Waals surface area contributed by atoms with Gasteiger partial charge < -0.3 is 0 Å². The molecule has 2 heteroatoms. The van der Waals surface area contributed by atoms with E-state index in [2.05, 4.69) is 64.5 Å². The number of pyridine rings is 1. The van der Waals surface area contributed by atoms with Crippen molar-refractivity contribution in [2.24, 2.45) is 0 Å². The van der Waals surface area contributed by atoms with Crippen molar-refractivity contribution in [2.45, 2.75) is 31.1 Å². The molecular formula is C20H16BrN. The van der Waals surface area contributed by atoms with Crippen LogP contribution >= 0.6 is 15.9 Å². The van der Waals surface area contributed by atoms with E-state index >= 15 is 0 Å². The summed E-state index contributed by atoms with van der Waals surface area (Å²) in [5.74, 6) is 1.46. The summed E-state index contributed by atoms with van der Waals surface area (Å²) in [4.78, 5) is 5.06. The first-order valence-electron chi connectivity index (χ1n) is 8.00. The van der Waals surface area contributed by atoms with Gasteiger partial charge in [0.2, 0.25) is 0 Å². The molecule has 2 atom stereocenters. The van der Waals surface area contributed by atoms with Gasteiger partial charge in [0.25, 0.3) is 0 Å². The summed E-state index contributed by atoms with van der Waals surface area (Å²) >= 11 is 3.60. The van der Waals surface area contributed by atoms with Crippen LogP contribution in [0.15, 0.2) is 53.0 Å². The Kier molecular flexibility index (Phi) is 2.72. The molecule has 0 radical (unpaired) electrons. The van der Waals surface area contributed by atoms with Gasteiger partial charge in [0.15, 0.2) is 0 Å². The normalized spacial score (nSPS) is 22.2. The van der Waals surface area contributed by atoms with E-state index < -0.39 is 0 Å². The molecule has 0 amide bonds. The molecule has 0 aliphatic heterocycles. The minimum Gasteiger partial charge on any atom is -0.247 e. The molecule has 1 nitrogen and oxygen atoms in total. The molecule has 1 fully saturated rings. The van der Waals surface area contributed by atoms with Crippen LogP contribution in [0.5, 0.6) is 0 Å². The zero-order valence-electron chi connectivity index (χ0n) is 12.2. The van der Waals surface area contributed by atoms with Gasteiger partial charge >= 0.3 is 0 Å². The third-order valence-electron chi connectivity index (χ3n) is 5.32. The lowest BCUT2D eigenvalue weighted by atomic mass is 9.86. The summed E-state index contributed by atoms with van der Waals surface area (Å²) in [6.45, 7) is 0. The van der Waals surface area contributed by atoms with Crippen LogP contribution in [0.1, 0.15) is 42.2 Å². The fraction of sp³-hybridized carbons (Fsp3) is 0.250. The highest BCUT2D eigenvalue weighted by atomic mass is 79.9. The Morgan fingerprint density at radius 1 is 0.909 bits per heavy atom. The first-order chi connectivity index (χ1) is 10.8. The van der Waals surface area contributed by atoms with Crippen molar-refractivity contribution < 1.29 is 0 Å². The number of nitrogens with zero attached hydrogens (tertiary/aromatic N) is 1. The summed E-state index contributed by atoms with van der Waals surface area (Å²) in [5.41, 5.74) is 6.72. The van der Waals surface area contributed by atoms with E-state index in [9.17, 15) is 0 Å². The number of benzene rings is 2. The highest BCUT2D eigenvalue weighted by Gasteiger charge is 2.40. The second kappa shape index (κ2) is 4.66. The lowest BCUT2D eigenvalue weighted by Gasteiger charge is -2.21. The third-order valence-corrected chi connectivity index (χ3v) is 5.81. The van der Waals surface area contributed by atoms with E-state index in [4.69, 9.17) is 4.98 Å². The number of fused-ring (bicyclic) bond motifs is 7. The van der Waals surface area contributed by atoms with Gasteiger partial charge in [-0.25, -0.2) is 4.98 Å². The molecule has 1 heterocycles. The molecule has 0 spiro atoms. The van der Waals surface area contributed by atoms with Gasteiger partial charge in [-0.2, -0.15) is 0 Å². The van der Waals surface area contributed by atoms with Gasteiger partial charge in [-0.05, 0) is 60.4 Å². The van der Waals surface area contributed by atoms with Gasteiger partial charge in [0, 0.05) is 15.4 Å². The number of hydrogen-bond donors (Lipinski definition) is 0. The van der Waals surface area contributed by atoms with Gasteiger partial charge in [-0.1, -0.05) is 46.3 Å². The first-order valence-corrected chi connectivity index (χ1v) is 8.79.